The van der Waals surface area contributed by atoms with E-state index in [1.54, 1.807) is 27.0 Å². The summed E-state index contributed by atoms with van der Waals surface area (Å²) in [5.41, 5.74) is 3.76. The van der Waals surface area contributed by atoms with Crippen molar-refractivity contribution in [3.05, 3.63) is 65.4 Å². The lowest BCUT2D eigenvalue weighted by Gasteiger charge is -2.26. The number of carbonyl (C=O) groups excluding carboxylic acids is 2. The number of nitrogens with zero attached hydrogens (tertiary/aromatic N) is 1. The Kier molecular flexibility index (Phi) is 9.45. The number of carbonyl (C=O) groups is 2. The van der Waals surface area contributed by atoms with E-state index in [4.69, 9.17) is 4.74 Å². The Bertz CT molecular complexity index is 1230. The number of thiazole rings is 1. The Morgan fingerprint density at radius 1 is 1.08 bits per heavy atom. The summed E-state index contributed by atoms with van der Waals surface area (Å²) in [6, 6.07) is 13.2. The molecule has 0 bridgehead atoms. The average molecular weight is 524 g/mol. The largest absolute Gasteiger partial charge is 0.489 e. The minimum Gasteiger partial charge on any atom is -0.489 e. The minimum absolute atomic E-state index is 0.358. The molecule has 0 radical (unpaired) electrons. The van der Waals surface area contributed by atoms with Crippen molar-refractivity contribution in [1.82, 2.24) is 10.3 Å². The lowest BCUT2D eigenvalue weighted by atomic mass is 9.88. The third-order valence-corrected chi connectivity index (χ3v) is 7.12. The second-order valence-corrected chi connectivity index (χ2v) is 11.4. The van der Waals surface area contributed by atoms with Crippen LogP contribution in [0.25, 0.3) is 10.4 Å². The van der Waals surface area contributed by atoms with Crippen molar-refractivity contribution in [1.29, 1.82) is 0 Å². The Morgan fingerprint density at radius 2 is 1.81 bits per heavy atom. The summed E-state index contributed by atoms with van der Waals surface area (Å²) in [6.07, 6.45) is 1.66. The van der Waals surface area contributed by atoms with Gasteiger partial charge in [-0.15, -0.1) is 0 Å². The first-order valence-electron chi connectivity index (χ1n) is 12.5. The molecule has 2 atom stereocenters. The number of anilines is 1. The summed E-state index contributed by atoms with van der Waals surface area (Å²) in [6.45, 7) is 11.8. The molecule has 0 aliphatic heterocycles. The number of aliphatic hydroxyl groups is 1. The van der Waals surface area contributed by atoms with Crippen molar-refractivity contribution in [2.45, 2.75) is 73.1 Å². The van der Waals surface area contributed by atoms with E-state index in [1.165, 1.54) is 22.5 Å². The highest BCUT2D eigenvalue weighted by molar-refractivity contribution is 7.19. The van der Waals surface area contributed by atoms with E-state index in [1.807, 2.05) is 49.4 Å². The predicted octanol–water partition coefficient (Wildman–Crippen LogP) is 5.64. The molecule has 3 aromatic rings. The van der Waals surface area contributed by atoms with Gasteiger partial charge in [0.1, 0.15) is 24.5 Å². The molecule has 0 fully saturated rings. The van der Waals surface area contributed by atoms with Gasteiger partial charge < -0.3 is 20.5 Å². The SMILES string of the molecule is CCC[C@H](NC(=O)[C@@H](O)C(C)(C)C)C(=O)Nc1ncc(-c2ccccc2COc2ccc(C)c(C)c2)s1. The third-order valence-electron chi connectivity index (χ3n) is 6.17. The number of hydrogen-bond donors (Lipinski definition) is 3. The highest BCUT2D eigenvalue weighted by atomic mass is 32.1. The number of amides is 2. The van der Waals surface area contributed by atoms with Crippen molar-refractivity contribution in [3.8, 4) is 16.2 Å². The smallest absolute Gasteiger partial charge is 0.250 e. The maximum Gasteiger partial charge on any atom is 0.250 e. The normalized spacial score (nSPS) is 13.1. The van der Waals surface area contributed by atoms with Gasteiger partial charge in [0.05, 0.1) is 4.88 Å². The van der Waals surface area contributed by atoms with Gasteiger partial charge >= 0.3 is 0 Å². The predicted molar refractivity (Wildman–Crippen MR) is 149 cm³/mol. The molecule has 0 aliphatic rings. The molecule has 0 saturated carbocycles. The number of aliphatic hydroxyl groups excluding tert-OH is 1. The third kappa shape index (κ3) is 7.63. The van der Waals surface area contributed by atoms with E-state index >= 15 is 0 Å². The summed E-state index contributed by atoms with van der Waals surface area (Å²) < 4.78 is 6.05. The van der Waals surface area contributed by atoms with Crippen molar-refractivity contribution in [2.75, 3.05) is 5.32 Å². The fraction of sp³-hybridized carbons (Fsp3) is 0.414. The van der Waals surface area contributed by atoms with Crippen LogP contribution in [0.5, 0.6) is 5.75 Å². The highest BCUT2D eigenvalue weighted by Crippen LogP contribution is 2.32. The van der Waals surface area contributed by atoms with Crippen LogP contribution in [0.1, 0.15) is 57.2 Å². The maximum atomic E-state index is 13.0. The van der Waals surface area contributed by atoms with Crippen LogP contribution in [0.15, 0.2) is 48.7 Å². The van der Waals surface area contributed by atoms with Crippen LogP contribution < -0.4 is 15.4 Å². The van der Waals surface area contributed by atoms with Crippen molar-refractivity contribution in [3.63, 3.8) is 0 Å². The Balaban J connectivity index is 1.70. The number of hydrogen-bond acceptors (Lipinski definition) is 6. The van der Waals surface area contributed by atoms with E-state index in [-0.39, 0.29) is 5.91 Å². The van der Waals surface area contributed by atoms with Crippen molar-refractivity contribution >= 4 is 28.3 Å². The van der Waals surface area contributed by atoms with Gasteiger partial charge in [-0.05, 0) is 60.1 Å². The highest BCUT2D eigenvalue weighted by Gasteiger charge is 2.32. The number of rotatable bonds is 10. The number of nitrogens with one attached hydrogen (secondary N) is 2. The van der Waals surface area contributed by atoms with Crippen molar-refractivity contribution in [2.24, 2.45) is 5.41 Å². The second kappa shape index (κ2) is 12.3. The van der Waals surface area contributed by atoms with Gasteiger partial charge in [-0.3, -0.25) is 9.59 Å². The average Bonchev–Trinajstić information content (AvgIpc) is 3.31. The fourth-order valence-electron chi connectivity index (χ4n) is 3.70. The monoisotopic (exact) mass is 523 g/mol. The molecule has 0 spiro atoms. The zero-order valence-electron chi connectivity index (χ0n) is 22.4. The van der Waals surface area contributed by atoms with E-state index in [0.29, 0.717) is 24.6 Å². The molecule has 8 heteroatoms. The van der Waals surface area contributed by atoms with E-state index in [0.717, 1.165) is 21.8 Å². The maximum absolute atomic E-state index is 13.0. The topological polar surface area (TPSA) is 101 Å². The fourth-order valence-corrected chi connectivity index (χ4v) is 4.58. The molecule has 2 amide bonds. The van der Waals surface area contributed by atoms with Crippen LogP contribution in [0.4, 0.5) is 5.13 Å². The zero-order valence-corrected chi connectivity index (χ0v) is 23.2. The molecular weight excluding hydrogens is 486 g/mol. The van der Waals surface area contributed by atoms with Gasteiger partial charge in [-0.2, -0.15) is 0 Å². The van der Waals surface area contributed by atoms with Crippen LogP contribution in [-0.2, 0) is 16.2 Å². The Labute approximate surface area is 223 Å². The van der Waals surface area contributed by atoms with Crippen LogP contribution in [0.2, 0.25) is 0 Å². The molecule has 0 unspecified atom stereocenters. The summed E-state index contributed by atoms with van der Waals surface area (Å²) in [5, 5.41) is 16.2. The number of aryl methyl sites for hydroxylation is 2. The molecule has 7 nitrogen and oxygen atoms in total. The number of benzene rings is 2. The Hall–Kier alpha value is -3.23. The summed E-state index contributed by atoms with van der Waals surface area (Å²) in [4.78, 5) is 30.8. The second-order valence-electron chi connectivity index (χ2n) is 10.3. The number of ether oxygens (including phenoxy) is 1. The molecule has 1 aromatic heterocycles. The molecule has 198 valence electrons. The molecule has 3 rings (SSSR count). The lowest BCUT2D eigenvalue weighted by molar-refractivity contribution is -0.137. The lowest BCUT2D eigenvalue weighted by Crippen LogP contribution is -2.50. The molecular formula is C29H37N3O4S. The first kappa shape index (κ1) is 28.3. The molecule has 2 aromatic carbocycles. The molecule has 0 aliphatic carbocycles. The summed E-state index contributed by atoms with van der Waals surface area (Å²) in [7, 11) is 0. The Morgan fingerprint density at radius 3 is 2.49 bits per heavy atom. The van der Waals surface area contributed by atoms with E-state index in [9.17, 15) is 14.7 Å². The molecule has 0 saturated heterocycles. The number of aromatic nitrogens is 1. The van der Waals surface area contributed by atoms with Crippen LogP contribution in [0.3, 0.4) is 0 Å². The van der Waals surface area contributed by atoms with Gasteiger partial charge in [0, 0.05) is 6.20 Å². The molecule has 3 N–H and O–H groups in total. The quantitative estimate of drug-likeness (QED) is 0.319. The molecule has 37 heavy (non-hydrogen) atoms. The zero-order chi connectivity index (χ0) is 27.2. The van der Waals surface area contributed by atoms with Gasteiger partial charge in [0.25, 0.3) is 0 Å². The van der Waals surface area contributed by atoms with Crippen molar-refractivity contribution < 1.29 is 19.4 Å². The summed E-state index contributed by atoms with van der Waals surface area (Å²) in [5.74, 6) is -0.0991. The van der Waals surface area contributed by atoms with Crippen LogP contribution in [0, 0.1) is 19.3 Å². The minimum atomic E-state index is -1.21. The van der Waals surface area contributed by atoms with Gasteiger partial charge in [0.15, 0.2) is 5.13 Å². The van der Waals surface area contributed by atoms with E-state index in [2.05, 4.69) is 29.5 Å². The van der Waals surface area contributed by atoms with Crippen LogP contribution >= 0.6 is 11.3 Å². The first-order valence-corrected chi connectivity index (χ1v) is 13.3. The first-order chi connectivity index (χ1) is 17.5. The van der Waals surface area contributed by atoms with E-state index < -0.39 is 23.5 Å². The van der Waals surface area contributed by atoms with Crippen LogP contribution in [-0.4, -0.2) is 34.1 Å². The van der Waals surface area contributed by atoms with Gasteiger partial charge in [-0.25, -0.2) is 4.98 Å². The van der Waals surface area contributed by atoms with Gasteiger partial charge in [-0.1, -0.05) is 75.8 Å². The van der Waals surface area contributed by atoms with Gasteiger partial charge in [0.2, 0.25) is 11.8 Å². The standard InChI is InChI=1S/C29H37N3O4S/c1-7-10-23(31-27(35)25(33)29(4,5)6)26(34)32-28-30-16-24(37-28)22-12-9-8-11-20(22)17-36-21-14-13-18(2)19(3)15-21/h8-9,11-16,23,25,33H,7,10,17H2,1-6H3,(H,31,35)(H,30,32,34)/t23-,25+/m0/s1. The molecule has 1 heterocycles. The summed E-state index contributed by atoms with van der Waals surface area (Å²) >= 11 is 1.36.